The fourth-order valence-electron chi connectivity index (χ4n) is 2.89. The summed E-state index contributed by atoms with van der Waals surface area (Å²) in [5.74, 6) is 0.820. The smallest absolute Gasteiger partial charge is 0.240 e. The van der Waals surface area contributed by atoms with E-state index in [9.17, 15) is 4.79 Å². The molecule has 0 bridgehead atoms. The summed E-state index contributed by atoms with van der Waals surface area (Å²) in [6.45, 7) is 8.75. The number of amides is 1. The van der Waals surface area contributed by atoms with Crippen LogP contribution in [0.5, 0.6) is 0 Å². The van der Waals surface area contributed by atoms with Gasteiger partial charge in [0.05, 0.1) is 12.2 Å². The van der Waals surface area contributed by atoms with E-state index in [4.69, 9.17) is 0 Å². The van der Waals surface area contributed by atoms with Crippen molar-refractivity contribution in [3.63, 3.8) is 0 Å². The Morgan fingerprint density at radius 3 is 2.50 bits per heavy atom. The zero-order valence-corrected chi connectivity index (χ0v) is 16.4. The number of carbonyl (C=O) groups excluding carboxylic acids is 1. The lowest BCUT2D eigenvalue weighted by molar-refractivity contribution is -0.115. The highest BCUT2D eigenvalue weighted by molar-refractivity contribution is 5.91. The van der Waals surface area contributed by atoms with Gasteiger partial charge in [-0.05, 0) is 23.6 Å². The van der Waals surface area contributed by atoms with E-state index in [-0.39, 0.29) is 12.5 Å². The summed E-state index contributed by atoms with van der Waals surface area (Å²) >= 11 is 0. The number of imidazole rings is 1. The Labute approximate surface area is 166 Å². The van der Waals surface area contributed by atoms with Crippen LogP contribution in [-0.4, -0.2) is 28.5 Å². The number of aromatic nitrogens is 2. The molecule has 0 atom stereocenters. The van der Waals surface area contributed by atoms with Crippen LogP contribution in [-0.2, 0) is 4.79 Å². The molecule has 3 rings (SSSR count). The summed E-state index contributed by atoms with van der Waals surface area (Å²) in [5.41, 5.74) is 4.03. The molecule has 0 fully saturated rings. The maximum Gasteiger partial charge on any atom is 0.240 e. The van der Waals surface area contributed by atoms with Gasteiger partial charge < -0.3 is 5.32 Å². The maximum atomic E-state index is 12.3. The van der Waals surface area contributed by atoms with Crippen LogP contribution in [0.1, 0.15) is 25.3 Å². The molecule has 1 heterocycles. The molecule has 0 saturated heterocycles. The minimum atomic E-state index is -0.146. The zero-order valence-electron chi connectivity index (χ0n) is 16.4. The van der Waals surface area contributed by atoms with Crippen LogP contribution < -0.4 is 10.6 Å². The van der Waals surface area contributed by atoms with Gasteiger partial charge in [0, 0.05) is 24.0 Å². The molecule has 0 unspecified atom stereocenters. The highest BCUT2D eigenvalue weighted by Gasteiger charge is 2.14. The van der Waals surface area contributed by atoms with Gasteiger partial charge in [0.1, 0.15) is 0 Å². The molecule has 28 heavy (non-hydrogen) atoms. The second-order valence-corrected chi connectivity index (χ2v) is 6.90. The third kappa shape index (κ3) is 4.75. The number of benzene rings is 2. The van der Waals surface area contributed by atoms with Crippen molar-refractivity contribution < 1.29 is 4.79 Å². The lowest BCUT2D eigenvalue weighted by Crippen LogP contribution is -2.29. The molecule has 2 N–H and O–H groups in total. The molecule has 1 aromatic heterocycles. The van der Waals surface area contributed by atoms with E-state index in [0.29, 0.717) is 18.4 Å². The number of nitrogens with one attached hydrogen (secondary N) is 2. The highest BCUT2D eigenvalue weighted by atomic mass is 16.2. The first kappa shape index (κ1) is 19.6. The second-order valence-electron chi connectivity index (χ2n) is 6.90. The van der Waals surface area contributed by atoms with Crippen molar-refractivity contribution in [2.75, 3.05) is 18.4 Å². The van der Waals surface area contributed by atoms with Crippen molar-refractivity contribution >= 4 is 11.9 Å². The summed E-state index contributed by atoms with van der Waals surface area (Å²) < 4.78 is 1.91. The first-order chi connectivity index (χ1) is 13.6. The molecule has 0 saturated carbocycles. The summed E-state index contributed by atoms with van der Waals surface area (Å²) in [6.07, 6.45) is 3.67. The Hall–Kier alpha value is -3.18. The van der Waals surface area contributed by atoms with Crippen molar-refractivity contribution in [2.45, 2.75) is 19.8 Å². The van der Waals surface area contributed by atoms with Crippen molar-refractivity contribution in [2.24, 2.45) is 0 Å². The fourth-order valence-corrected chi connectivity index (χ4v) is 2.89. The summed E-state index contributed by atoms with van der Waals surface area (Å²) in [7, 11) is 0. The first-order valence-electron chi connectivity index (χ1n) is 9.45. The van der Waals surface area contributed by atoms with E-state index < -0.39 is 0 Å². The van der Waals surface area contributed by atoms with Gasteiger partial charge >= 0.3 is 0 Å². The predicted octanol–water partition coefficient (Wildman–Crippen LogP) is 4.38. The largest absolute Gasteiger partial charge is 0.305 e. The van der Waals surface area contributed by atoms with Gasteiger partial charge in [0.2, 0.25) is 11.9 Å². The van der Waals surface area contributed by atoms with Crippen LogP contribution in [0.4, 0.5) is 5.95 Å². The van der Waals surface area contributed by atoms with E-state index in [2.05, 4.69) is 60.3 Å². The van der Waals surface area contributed by atoms with Crippen molar-refractivity contribution in [1.29, 1.82) is 0 Å². The van der Waals surface area contributed by atoms with Crippen LogP contribution in [0.25, 0.3) is 16.9 Å². The van der Waals surface area contributed by atoms with E-state index in [1.807, 2.05) is 41.1 Å². The molecule has 0 spiro atoms. The van der Waals surface area contributed by atoms with E-state index in [1.54, 1.807) is 6.08 Å². The number of hydrogen-bond acceptors (Lipinski definition) is 3. The average Bonchev–Trinajstić information content (AvgIpc) is 3.12. The molecule has 0 radical (unpaired) electrons. The molecule has 0 aliphatic heterocycles. The number of nitrogens with zero attached hydrogens (tertiary/aromatic N) is 2. The van der Waals surface area contributed by atoms with Crippen molar-refractivity contribution in [3.05, 3.63) is 79.0 Å². The van der Waals surface area contributed by atoms with Gasteiger partial charge in [0.15, 0.2) is 0 Å². The summed E-state index contributed by atoms with van der Waals surface area (Å²) in [5, 5.41) is 5.92. The zero-order chi connectivity index (χ0) is 19.9. The summed E-state index contributed by atoms with van der Waals surface area (Å²) in [6, 6.07) is 18.3. The molecule has 2 aromatic carbocycles. The minimum Gasteiger partial charge on any atom is -0.305 e. The summed E-state index contributed by atoms with van der Waals surface area (Å²) in [4.78, 5) is 17.0. The molecule has 5 nitrogen and oxygen atoms in total. The maximum absolute atomic E-state index is 12.3. The standard InChI is InChI=1S/C23H26N4O/c1-4-14-24-15-22(28)26-23-25-21(19-8-6-5-7-9-19)16-27(23)20-12-10-18(11-13-20)17(2)3/h4-13,16-17,24H,1,14-15H2,2-3H3,(H,25,26,28). The number of hydrogen-bond donors (Lipinski definition) is 2. The average molecular weight is 374 g/mol. The van der Waals surface area contributed by atoms with Gasteiger partial charge in [-0.1, -0.05) is 62.4 Å². The van der Waals surface area contributed by atoms with Crippen molar-refractivity contribution in [1.82, 2.24) is 14.9 Å². The van der Waals surface area contributed by atoms with E-state index in [0.717, 1.165) is 16.9 Å². The first-order valence-corrected chi connectivity index (χ1v) is 9.45. The van der Waals surface area contributed by atoms with Crippen LogP contribution in [0, 0.1) is 0 Å². The van der Waals surface area contributed by atoms with E-state index in [1.165, 1.54) is 5.56 Å². The van der Waals surface area contributed by atoms with Gasteiger partial charge in [0.25, 0.3) is 0 Å². The van der Waals surface area contributed by atoms with Crippen LogP contribution in [0.2, 0.25) is 0 Å². The second kappa shape index (κ2) is 9.15. The van der Waals surface area contributed by atoms with Crippen LogP contribution in [0.3, 0.4) is 0 Å². The van der Waals surface area contributed by atoms with Gasteiger partial charge in [-0.15, -0.1) is 6.58 Å². The Morgan fingerprint density at radius 2 is 1.86 bits per heavy atom. The highest BCUT2D eigenvalue weighted by Crippen LogP contribution is 2.25. The lowest BCUT2D eigenvalue weighted by Gasteiger charge is -2.11. The topological polar surface area (TPSA) is 59.0 Å². The number of anilines is 1. The molecule has 0 aliphatic carbocycles. The monoisotopic (exact) mass is 374 g/mol. The number of rotatable bonds is 8. The minimum absolute atomic E-state index is 0.146. The molecular formula is C23H26N4O. The SMILES string of the molecule is C=CCNCC(=O)Nc1nc(-c2ccccc2)cn1-c1ccc(C(C)C)cc1. The molecule has 5 heteroatoms. The van der Waals surface area contributed by atoms with Crippen molar-refractivity contribution in [3.8, 4) is 16.9 Å². The Morgan fingerprint density at radius 1 is 1.14 bits per heavy atom. The Balaban J connectivity index is 1.93. The van der Waals surface area contributed by atoms with Gasteiger partial charge in [-0.25, -0.2) is 4.98 Å². The molecule has 3 aromatic rings. The molecule has 1 amide bonds. The van der Waals surface area contributed by atoms with Gasteiger partial charge in [-0.2, -0.15) is 0 Å². The van der Waals surface area contributed by atoms with Crippen LogP contribution in [0.15, 0.2) is 73.4 Å². The molecule has 144 valence electrons. The Kier molecular flexibility index (Phi) is 6.40. The predicted molar refractivity (Wildman–Crippen MR) is 115 cm³/mol. The van der Waals surface area contributed by atoms with E-state index >= 15 is 0 Å². The quantitative estimate of drug-likeness (QED) is 0.454. The lowest BCUT2D eigenvalue weighted by atomic mass is 10.0. The number of carbonyl (C=O) groups is 1. The third-order valence-electron chi connectivity index (χ3n) is 4.44. The molecular weight excluding hydrogens is 348 g/mol. The Bertz CT molecular complexity index is 927. The van der Waals surface area contributed by atoms with Gasteiger partial charge in [-0.3, -0.25) is 14.7 Å². The van der Waals surface area contributed by atoms with Crippen LogP contribution >= 0.6 is 0 Å². The fraction of sp³-hybridized carbons (Fsp3) is 0.217. The third-order valence-corrected chi connectivity index (χ3v) is 4.44. The normalized spacial score (nSPS) is 10.8. The molecule has 0 aliphatic rings.